The van der Waals surface area contributed by atoms with Crippen molar-refractivity contribution in [1.82, 2.24) is 0 Å². The first-order chi connectivity index (χ1) is 4.18. The second-order valence-electron chi connectivity index (χ2n) is 1.77. The molecule has 6 heteroatoms. The zero-order chi connectivity index (χ0) is 6.54. The standard InChI is InChI=1S/C3H2NO4P/c4-1-3-2-6-9(5,7-3)8-3/h2H2. The third-order valence-electron chi connectivity index (χ3n) is 1.10. The summed E-state index contributed by atoms with van der Waals surface area (Å²) in [7, 11) is -3.20. The van der Waals surface area contributed by atoms with Crippen LogP contribution in [0, 0.1) is 11.3 Å². The van der Waals surface area contributed by atoms with E-state index >= 15 is 0 Å². The topological polar surface area (TPSA) is 68.5 Å². The van der Waals surface area contributed by atoms with Crippen LogP contribution in [-0.2, 0) is 18.1 Å². The SMILES string of the molecule is N#CC12COP(=O)(O1)O2. The summed E-state index contributed by atoms with van der Waals surface area (Å²) in [6.07, 6.45) is 0. The second kappa shape index (κ2) is 1.20. The highest BCUT2D eigenvalue weighted by molar-refractivity contribution is 7.50. The number of fused-ring (bicyclic) bond motifs is 1. The second-order valence-corrected chi connectivity index (χ2v) is 3.29. The predicted octanol–water partition coefficient (Wildman–Crippen LogP) is 0.391. The first kappa shape index (κ1) is 5.39. The zero-order valence-electron chi connectivity index (χ0n) is 4.23. The van der Waals surface area contributed by atoms with E-state index in [-0.39, 0.29) is 6.61 Å². The molecule has 0 saturated carbocycles. The molecule has 3 heterocycles. The highest BCUT2D eigenvalue weighted by atomic mass is 31.2. The number of phosphoric acid groups is 1. The Morgan fingerprint density at radius 1 is 1.67 bits per heavy atom. The summed E-state index contributed by atoms with van der Waals surface area (Å²) >= 11 is 0. The first-order valence-electron chi connectivity index (χ1n) is 2.25. The van der Waals surface area contributed by atoms with Crippen LogP contribution in [0.1, 0.15) is 0 Å². The van der Waals surface area contributed by atoms with Gasteiger partial charge in [-0.15, -0.1) is 0 Å². The number of rotatable bonds is 0. The molecule has 48 valence electrons. The average Bonchev–Trinajstić information content (AvgIpc) is 2.20. The Balaban J connectivity index is 2.33. The van der Waals surface area contributed by atoms with E-state index in [9.17, 15) is 4.57 Å². The van der Waals surface area contributed by atoms with Crippen LogP contribution in [0.25, 0.3) is 0 Å². The zero-order valence-corrected chi connectivity index (χ0v) is 5.13. The van der Waals surface area contributed by atoms with E-state index in [1.807, 2.05) is 0 Å². The minimum Gasteiger partial charge on any atom is -0.280 e. The molecule has 0 aliphatic carbocycles. The van der Waals surface area contributed by atoms with E-state index in [4.69, 9.17) is 5.26 Å². The molecule has 3 aliphatic rings. The lowest BCUT2D eigenvalue weighted by Crippen LogP contribution is -2.36. The fourth-order valence-electron chi connectivity index (χ4n) is 0.711. The lowest BCUT2D eigenvalue weighted by molar-refractivity contribution is -0.118. The summed E-state index contributed by atoms with van der Waals surface area (Å²) in [6.45, 7) is -0.0409. The van der Waals surface area contributed by atoms with Crippen molar-refractivity contribution < 1.29 is 18.1 Å². The van der Waals surface area contributed by atoms with Gasteiger partial charge in [-0.1, -0.05) is 0 Å². The van der Waals surface area contributed by atoms with Crippen molar-refractivity contribution in [3.05, 3.63) is 0 Å². The fourth-order valence-corrected chi connectivity index (χ4v) is 2.07. The molecule has 3 rings (SSSR count). The van der Waals surface area contributed by atoms with Gasteiger partial charge in [0.1, 0.15) is 12.7 Å². The Kier molecular flexibility index (Phi) is 0.719. The van der Waals surface area contributed by atoms with Crippen molar-refractivity contribution in [2.75, 3.05) is 6.61 Å². The molecule has 0 aromatic rings. The molecule has 0 aromatic carbocycles. The van der Waals surface area contributed by atoms with Crippen LogP contribution in [0.3, 0.4) is 0 Å². The van der Waals surface area contributed by atoms with Gasteiger partial charge in [0.15, 0.2) is 0 Å². The largest absolute Gasteiger partial charge is 0.482 e. The van der Waals surface area contributed by atoms with Gasteiger partial charge in [-0.05, 0) is 0 Å². The van der Waals surface area contributed by atoms with E-state index in [0.717, 1.165) is 0 Å². The van der Waals surface area contributed by atoms with Crippen molar-refractivity contribution >= 4 is 7.82 Å². The summed E-state index contributed by atoms with van der Waals surface area (Å²) in [4.78, 5) is 0. The molecule has 9 heavy (non-hydrogen) atoms. The van der Waals surface area contributed by atoms with Gasteiger partial charge in [-0.2, -0.15) is 5.26 Å². The van der Waals surface area contributed by atoms with Gasteiger partial charge in [0.25, 0.3) is 0 Å². The Morgan fingerprint density at radius 2 is 2.33 bits per heavy atom. The van der Waals surface area contributed by atoms with Gasteiger partial charge in [0.05, 0.1) is 0 Å². The van der Waals surface area contributed by atoms with Gasteiger partial charge in [-0.3, -0.25) is 4.52 Å². The number of hydrogen-bond donors (Lipinski definition) is 0. The van der Waals surface area contributed by atoms with Crippen LogP contribution < -0.4 is 0 Å². The van der Waals surface area contributed by atoms with Crippen LogP contribution in [0.15, 0.2) is 0 Å². The Morgan fingerprint density at radius 3 is 2.56 bits per heavy atom. The van der Waals surface area contributed by atoms with Crippen molar-refractivity contribution in [3.8, 4) is 6.07 Å². The summed E-state index contributed by atoms with van der Waals surface area (Å²) in [6, 6.07) is 1.69. The maximum Gasteiger partial charge on any atom is 0.482 e. The van der Waals surface area contributed by atoms with Crippen LogP contribution in [0.4, 0.5) is 0 Å². The molecule has 0 aromatic heterocycles. The molecule has 0 atom stereocenters. The normalized spacial score (nSPS) is 54.1. The minimum atomic E-state index is -3.20. The van der Waals surface area contributed by atoms with E-state index in [1.54, 1.807) is 6.07 Å². The quantitative estimate of drug-likeness (QED) is 0.463. The van der Waals surface area contributed by atoms with Crippen LogP contribution >= 0.6 is 7.82 Å². The molecule has 0 amide bonds. The maximum absolute atomic E-state index is 10.6. The van der Waals surface area contributed by atoms with Gasteiger partial charge in [0.2, 0.25) is 0 Å². The Labute approximate surface area is 50.7 Å². The van der Waals surface area contributed by atoms with Gasteiger partial charge in [0, 0.05) is 0 Å². The highest BCUT2D eigenvalue weighted by Crippen LogP contribution is 2.71. The minimum absolute atomic E-state index is 0.0409. The molecule has 3 aliphatic heterocycles. The molecule has 2 bridgehead atoms. The van der Waals surface area contributed by atoms with Gasteiger partial charge < -0.3 is 0 Å². The molecular weight excluding hydrogens is 145 g/mol. The van der Waals surface area contributed by atoms with Crippen LogP contribution in [-0.4, -0.2) is 12.4 Å². The third-order valence-corrected chi connectivity index (χ3v) is 2.58. The van der Waals surface area contributed by atoms with Crippen LogP contribution in [0.5, 0.6) is 0 Å². The maximum atomic E-state index is 10.6. The monoisotopic (exact) mass is 147 g/mol. The Hall–Kier alpha value is -0.400. The fraction of sp³-hybridized carbons (Fsp3) is 0.667. The lowest BCUT2D eigenvalue weighted by atomic mass is 10.3. The molecule has 0 N–H and O–H groups in total. The molecule has 0 radical (unpaired) electrons. The molecular formula is C3H2NO4P. The molecule has 5 nitrogen and oxygen atoms in total. The number of phosphoric ester groups is 1. The van der Waals surface area contributed by atoms with Crippen molar-refractivity contribution in [2.24, 2.45) is 0 Å². The third kappa shape index (κ3) is 0.511. The van der Waals surface area contributed by atoms with Crippen molar-refractivity contribution in [1.29, 1.82) is 5.26 Å². The van der Waals surface area contributed by atoms with Gasteiger partial charge in [-0.25, -0.2) is 13.6 Å². The van der Waals surface area contributed by atoms with Gasteiger partial charge >= 0.3 is 13.6 Å². The lowest BCUT2D eigenvalue weighted by Gasteiger charge is -2.26. The van der Waals surface area contributed by atoms with E-state index in [0.29, 0.717) is 0 Å². The number of nitriles is 1. The molecule has 3 fully saturated rings. The highest BCUT2D eigenvalue weighted by Gasteiger charge is 2.66. The van der Waals surface area contributed by atoms with E-state index < -0.39 is 13.6 Å². The predicted molar refractivity (Wildman–Crippen MR) is 24.1 cm³/mol. The van der Waals surface area contributed by atoms with E-state index in [1.165, 1.54) is 0 Å². The van der Waals surface area contributed by atoms with Crippen LogP contribution in [0.2, 0.25) is 0 Å². The summed E-state index contributed by atoms with van der Waals surface area (Å²) in [5.74, 6) is -1.34. The molecule has 3 saturated heterocycles. The Bertz CT molecular complexity index is 233. The first-order valence-corrected chi connectivity index (χ1v) is 3.71. The average molecular weight is 147 g/mol. The smallest absolute Gasteiger partial charge is 0.280 e. The van der Waals surface area contributed by atoms with E-state index in [2.05, 4.69) is 13.6 Å². The number of nitrogens with zero attached hydrogens (tertiary/aromatic N) is 1. The van der Waals surface area contributed by atoms with Crippen molar-refractivity contribution in [2.45, 2.75) is 5.79 Å². The summed E-state index contributed by atoms with van der Waals surface area (Å²) in [5, 5.41) is 8.28. The molecule has 0 spiro atoms. The number of hydrogen-bond acceptors (Lipinski definition) is 5. The summed E-state index contributed by atoms with van der Waals surface area (Å²) in [5.41, 5.74) is 0. The summed E-state index contributed by atoms with van der Waals surface area (Å²) < 4.78 is 24.2. The molecule has 0 unspecified atom stereocenters. The van der Waals surface area contributed by atoms with Crippen molar-refractivity contribution in [3.63, 3.8) is 0 Å².